The smallest absolute Gasteiger partial charge is 0.293 e. The number of hydrogen-bond donors (Lipinski definition) is 0. The molecule has 28 heavy (non-hydrogen) atoms. The highest BCUT2D eigenvalue weighted by Gasteiger charge is 2.29. The Hall–Kier alpha value is -1.71. The van der Waals surface area contributed by atoms with Crippen molar-refractivity contribution in [3.8, 4) is 0 Å². The van der Waals surface area contributed by atoms with Crippen molar-refractivity contribution in [2.45, 2.75) is 55.9 Å². The summed E-state index contributed by atoms with van der Waals surface area (Å²) >= 11 is 0. The van der Waals surface area contributed by atoms with Crippen molar-refractivity contribution < 1.29 is 18.1 Å². The van der Waals surface area contributed by atoms with E-state index in [1.807, 2.05) is 0 Å². The first kappa shape index (κ1) is 21.0. The summed E-state index contributed by atoms with van der Waals surface area (Å²) in [5.41, 5.74) is 0.225. The summed E-state index contributed by atoms with van der Waals surface area (Å²) in [6, 6.07) is 4.24. The van der Waals surface area contributed by atoms with Crippen molar-refractivity contribution in [2.75, 3.05) is 38.2 Å². The maximum absolute atomic E-state index is 13.0. The molecule has 2 fully saturated rings. The van der Waals surface area contributed by atoms with Gasteiger partial charge in [-0.2, -0.15) is 4.31 Å². The molecule has 156 valence electrons. The predicted molar refractivity (Wildman–Crippen MR) is 107 cm³/mol. The van der Waals surface area contributed by atoms with E-state index in [0.29, 0.717) is 31.9 Å². The second kappa shape index (κ2) is 9.19. The van der Waals surface area contributed by atoms with E-state index in [0.717, 1.165) is 44.9 Å². The lowest BCUT2D eigenvalue weighted by atomic mass is 10.1. The molecule has 0 bridgehead atoms. The largest absolute Gasteiger partial charge is 0.376 e. The molecule has 0 spiro atoms. The van der Waals surface area contributed by atoms with E-state index in [1.54, 1.807) is 18.0 Å². The van der Waals surface area contributed by atoms with Gasteiger partial charge in [0.15, 0.2) is 0 Å². The lowest BCUT2D eigenvalue weighted by Gasteiger charge is -2.28. The van der Waals surface area contributed by atoms with Gasteiger partial charge in [-0.3, -0.25) is 10.1 Å². The topological polar surface area (TPSA) is 93.0 Å². The molecule has 2 aliphatic rings. The first-order valence-corrected chi connectivity index (χ1v) is 11.4. The minimum absolute atomic E-state index is 0.00725. The number of sulfonamides is 1. The highest BCUT2D eigenvalue weighted by Crippen LogP contribution is 2.32. The molecule has 1 aromatic rings. The Kier molecular flexibility index (Phi) is 6.90. The molecule has 1 atom stereocenters. The first-order chi connectivity index (χ1) is 13.4. The number of nitro benzene ring substituents is 1. The van der Waals surface area contributed by atoms with Gasteiger partial charge in [0, 0.05) is 39.4 Å². The van der Waals surface area contributed by atoms with E-state index in [-0.39, 0.29) is 16.7 Å². The van der Waals surface area contributed by atoms with Crippen molar-refractivity contribution in [1.82, 2.24) is 4.31 Å². The van der Waals surface area contributed by atoms with Gasteiger partial charge in [0.1, 0.15) is 5.69 Å². The zero-order chi connectivity index (χ0) is 20.1. The zero-order valence-corrected chi connectivity index (χ0v) is 17.2. The molecule has 8 nitrogen and oxygen atoms in total. The SMILES string of the molecule is CN(CC1CCCCO1)c1ccc(S(=O)(=O)N2CCCCCC2)cc1[N+](=O)[O-]. The van der Waals surface area contributed by atoms with Crippen LogP contribution in [-0.4, -0.2) is 57.0 Å². The van der Waals surface area contributed by atoms with Gasteiger partial charge < -0.3 is 9.64 Å². The summed E-state index contributed by atoms with van der Waals surface area (Å²) in [5.74, 6) is 0. The van der Waals surface area contributed by atoms with Gasteiger partial charge >= 0.3 is 0 Å². The minimum Gasteiger partial charge on any atom is -0.376 e. The van der Waals surface area contributed by atoms with E-state index < -0.39 is 14.9 Å². The Morgan fingerprint density at radius 1 is 1.18 bits per heavy atom. The highest BCUT2D eigenvalue weighted by atomic mass is 32.2. The maximum atomic E-state index is 13.0. The van der Waals surface area contributed by atoms with E-state index >= 15 is 0 Å². The summed E-state index contributed by atoms with van der Waals surface area (Å²) in [5, 5.41) is 11.7. The van der Waals surface area contributed by atoms with Crippen molar-refractivity contribution in [3.63, 3.8) is 0 Å². The molecular weight excluding hydrogens is 382 g/mol. The van der Waals surface area contributed by atoms with E-state index in [4.69, 9.17) is 4.74 Å². The molecule has 0 N–H and O–H groups in total. The van der Waals surface area contributed by atoms with Crippen molar-refractivity contribution in [3.05, 3.63) is 28.3 Å². The molecule has 2 heterocycles. The van der Waals surface area contributed by atoms with Crippen LogP contribution >= 0.6 is 0 Å². The summed E-state index contributed by atoms with van der Waals surface area (Å²) in [6.07, 6.45) is 6.78. The van der Waals surface area contributed by atoms with Gasteiger partial charge in [-0.05, 0) is 44.2 Å². The highest BCUT2D eigenvalue weighted by molar-refractivity contribution is 7.89. The molecule has 1 aromatic carbocycles. The third-order valence-electron chi connectivity index (χ3n) is 5.51. The van der Waals surface area contributed by atoms with Gasteiger partial charge in [0.05, 0.1) is 15.9 Å². The molecule has 3 rings (SSSR count). The molecule has 1 unspecified atom stereocenters. The van der Waals surface area contributed by atoms with Crippen LogP contribution in [0, 0.1) is 10.1 Å². The normalized spacial score (nSPS) is 21.8. The maximum Gasteiger partial charge on any atom is 0.293 e. The predicted octanol–water partition coefficient (Wildman–Crippen LogP) is 3.16. The van der Waals surface area contributed by atoms with Crippen molar-refractivity contribution >= 4 is 21.4 Å². The van der Waals surface area contributed by atoms with Gasteiger partial charge in [-0.1, -0.05) is 12.8 Å². The van der Waals surface area contributed by atoms with Crippen LogP contribution < -0.4 is 4.90 Å². The van der Waals surface area contributed by atoms with E-state index in [1.165, 1.54) is 16.4 Å². The monoisotopic (exact) mass is 411 g/mol. The van der Waals surface area contributed by atoms with Gasteiger partial charge in [0.2, 0.25) is 10.0 Å². The molecule has 0 saturated carbocycles. The fourth-order valence-corrected chi connectivity index (χ4v) is 5.46. The molecule has 2 aliphatic heterocycles. The van der Waals surface area contributed by atoms with Crippen LogP contribution in [0.15, 0.2) is 23.1 Å². The standard InChI is InChI=1S/C19H29N3O5S/c1-20(15-16-8-4-7-13-27-16)18-10-9-17(14-19(18)22(23)24)28(25,26)21-11-5-2-3-6-12-21/h9-10,14,16H,2-8,11-13,15H2,1H3. The number of rotatable bonds is 6. The number of ether oxygens (including phenoxy) is 1. The molecule has 0 aliphatic carbocycles. The second-order valence-corrected chi connectivity index (χ2v) is 9.53. The average Bonchev–Trinajstić information content (AvgIpc) is 2.98. The summed E-state index contributed by atoms with van der Waals surface area (Å²) in [4.78, 5) is 12.9. The molecule has 2 saturated heterocycles. The Bertz CT molecular complexity index is 785. The summed E-state index contributed by atoms with van der Waals surface area (Å²) < 4.78 is 33.1. The minimum atomic E-state index is -3.73. The van der Waals surface area contributed by atoms with Gasteiger partial charge in [-0.25, -0.2) is 8.42 Å². The first-order valence-electron chi connectivity index (χ1n) is 10.0. The van der Waals surface area contributed by atoms with E-state index in [2.05, 4.69) is 0 Å². The number of nitro groups is 1. The van der Waals surface area contributed by atoms with Gasteiger partial charge in [0.25, 0.3) is 5.69 Å². The van der Waals surface area contributed by atoms with Crippen LogP contribution in [0.2, 0.25) is 0 Å². The Labute approximate surface area is 166 Å². The molecule has 0 amide bonds. The lowest BCUT2D eigenvalue weighted by Crippen LogP contribution is -2.34. The number of hydrogen-bond acceptors (Lipinski definition) is 6. The van der Waals surface area contributed by atoms with Crippen LogP contribution in [0.5, 0.6) is 0 Å². The lowest BCUT2D eigenvalue weighted by molar-refractivity contribution is -0.384. The molecule has 0 radical (unpaired) electrons. The second-order valence-electron chi connectivity index (χ2n) is 7.60. The molecular formula is C19H29N3O5S. The molecule has 9 heteroatoms. The Balaban J connectivity index is 1.84. The van der Waals surface area contributed by atoms with E-state index in [9.17, 15) is 18.5 Å². The quantitative estimate of drug-likeness (QED) is 0.527. The van der Waals surface area contributed by atoms with Crippen LogP contribution in [0.3, 0.4) is 0 Å². The number of anilines is 1. The van der Waals surface area contributed by atoms with Crippen molar-refractivity contribution in [1.29, 1.82) is 0 Å². The Morgan fingerprint density at radius 3 is 2.50 bits per heavy atom. The van der Waals surface area contributed by atoms with Crippen molar-refractivity contribution in [2.24, 2.45) is 0 Å². The fraction of sp³-hybridized carbons (Fsp3) is 0.684. The van der Waals surface area contributed by atoms with Crippen LogP contribution in [0.4, 0.5) is 11.4 Å². The zero-order valence-electron chi connectivity index (χ0n) is 16.4. The van der Waals surface area contributed by atoms with Gasteiger partial charge in [-0.15, -0.1) is 0 Å². The third-order valence-corrected chi connectivity index (χ3v) is 7.40. The summed E-state index contributed by atoms with van der Waals surface area (Å²) in [6.45, 7) is 2.19. The van der Waals surface area contributed by atoms with Crippen LogP contribution in [-0.2, 0) is 14.8 Å². The number of nitrogens with zero attached hydrogens (tertiary/aromatic N) is 3. The number of benzene rings is 1. The van der Waals surface area contributed by atoms with Crippen LogP contribution in [0.1, 0.15) is 44.9 Å². The average molecular weight is 412 g/mol. The molecule has 0 aromatic heterocycles. The number of likely N-dealkylation sites (N-methyl/N-ethyl adjacent to an activating group) is 1. The van der Waals surface area contributed by atoms with Crippen LogP contribution in [0.25, 0.3) is 0 Å². The summed E-state index contributed by atoms with van der Waals surface area (Å²) in [7, 11) is -1.94. The Morgan fingerprint density at radius 2 is 1.89 bits per heavy atom. The fourth-order valence-electron chi connectivity index (χ4n) is 3.92. The third kappa shape index (κ3) is 4.82.